The Morgan fingerprint density at radius 3 is 3.00 bits per heavy atom. The Labute approximate surface area is 116 Å². The lowest BCUT2D eigenvalue weighted by molar-refractivity contribution is 0.827. The molecule has 0 radical (unpaired) electrons. The van der Waals surface area contributed by atoms with Gasteiger partial charge < -0.3 is 5.73 Å². The molecular formula is C15H13N5. The minimum absolute atomic E-state index is 0.434. The van der Waals surface area contributed by atoms with E-state index in [1.54, 1.807) is 12.3 Å². The smallest absolute Gasteiger partial charge is 0.202 e. The van der Waals surface area contributed by atoms with Gasteiger partial charge in [0.15, 0.2) is 5.65 Å². The van der Waals surface area contributed by atoms with Crippen LogP contribution in [0.1, 0.15) is 16.7 Å². The molecule has 0 unspecified atom stereocenters. The van der Waals surface area contributed by atoms with Crippen molar-refractivity contribution in [2.24, 2.45) is 0 Å². The van der Waals surface area contributed by atoms with Crippen LogP contribution in [-0.2, 0) is 6.54 Å². The van der Waals surface area contributed by atoms with Gasteiger partial charge in [0.05, 0.1) is 18.2 Å². The molecule has 2 N–H and O–H groups in total. The third kappa shape index (κ3) is 1.97. The molecule has 5 nitrogen and oxygen atoms in total. The van der Waals surface area contributed by atoms with Crippen LogP contribution in [0, 0.1) is 18.3 Å². The van der Waals surface area contributed by atoms with Crippen LogP contribution in [0.4, 0.5) is 5.95 Å². The third-order valence-electron chi connectivity index (χ3n) is 3.26. The highest BCUT2D eigenvalue weighted by Gasteiger charge is 2.11. The van der Waals surface area contributed by atoms with Gasteiger partial charge in [-0.1, -0.05) is 12.1 Å². The topological polar surface area (TPSA) is 80.5 Å². The summed E-state index contributed by atoms with van der Waals surface area (Å²) in [6.45, 7) is 2.53. The minimum Gasteiger partial charge on any atom is -0.369 e. The Bertz CT molecular complexity index is 826. The first-order valence-corrected chi connectivity index (χ1v) is 6.25. The Hall–Kier alpha value is -2.87. The van der Waals surface area contributed by atoms with Crippen LogP contribution in [0.5, 0.6) is 0 Å². The normalized spacial score (nSPS) is 10.6. The number of nitriles is 1. The summed E-state index contributed by atoms with van der Waals surface area (Å²) >= 11 is 0. The first kappa shape index (κ1) is 12.2. The van der Waals surface area contributed by atoms with E-state index < -0.39 is 0 Å². The van der Waals surface area contributed by atoms with E-state index in [4.69, 9.17) is 11.0 Å². The van der Waals surface area contributed by atoms with E-state index in [1.165, 1.54) is 0 Å². The van der Waals surface area contributed by atoms with Crippen molar-refractivity contribution in [3.05, 3.63) is 53.2 Å². The fourth-order valence-corrected chi connectivity index (χ4v) is 2.23. The number of hydrogen-bond acceptors (Lipinski definition) is 4. The average Bonchev–Trinajstić information content (AvgIpc) is 2.78. The van der Waals surface area contributed by atoms with Gasteiger partial charge in [0, 0.05) is 6.20 Å². The molecule has 1 aromatic carbocycles. The van der Waals surface area contributed by atoms with Crippen molar-refractivity contribution in [2.75, 3.05) is 5.73 Å². The van der Waals surface area contributed by atoms with Crippen LogP contribution in [0.15, 0.2) is 36.5 Å². The number of hydrogen-bond donors (Lipinski definition) is 1. The molecule has 0 bridgehead atoms. The number of aromatic nitrogens is 3. The molecule has 0 spiro atoms. The summed E-state index contributed by atoms with van der Waals surface area (Å²) in [5.41, 5.74) is 10.3. The number of anilines is 1. The second-order valence-corrected chi connectivity index (χ2v) is 4.67. The lowest BCUT2D eigenvalue weighted by Crippen LogP contribution is -2.05. The van der Waals surface area contributed by atoms with E-state index in [9.17, 15) is 0 Å². The zero-order valence-electron chi connectivity index (χ0n) is 11.0. The fraction of sp³-hybridized carbons (Fsp3) is 0.133. The van der Waals surface area contributed by atoms with E-state index >= 15 is 0 Å². The van der Waals surface area contributed by atoms with Crippen LogP contribution in [0.25, 0.3) is 11.2 Å². The maximum Gasteiger partial charge on any atom is 0.202 e. The average molecular weight is 263 g/mol. The third-order valence-corrected chi connectivity index (χ3v) is 3.26. The SMILES string of the molecule is Cc1ccnc2c1nc(N)n2Cc1cccc(C#N)c1. The summed E-state index contributed by atoms with van der Waals surface area (Å²) in [4.78, 5) is 8.72. The zero-order valence-corrected chi connectivity index (χ0v) is 11.0. The molecular weight excluding hydrogens is 250 g/mol. The van der Waals surface area contributed by atoms with Gasteiger partial charge in [0.1, 0.15) is 5.52 Å². The first-order chi connectivity index (χ1) is 9.69. The van der Waals surface area contributed by atoms with Crippen LogP contribution in [-0.4, -0.2) is 14.5 Å². The highest BCUT2D eigenvalue weighted by molar-refractivity contribution is 5.77. The van der Waals surface area contributed by atoms with Crippen molar-refractivity contribution in [1.29, 1.82) is 5.26 Å². The number of nitrogens with two attached hydrogens (primary N) is 1. The first-order valence-electron chi connectivity index (χ1n) is 6.25. The quantitative estimate of drug-likeness (QED) is 0.768. The largest absolute Gasteiger partial charge is 0.369 e. The summed E-state index contributed by atoms with van der Waals surface area (Å²) in [5.74, 6) is 0.434. The summed E-state index contributed by atoms with van der Waals surface area (Å²) < 4.78 is 1.86. The van der Waals surface area contributed by atoms with Gasteiger partial charge in [-0.3, -0.25) is 4.57 Å². The maximum atomic E-state index is 8.94. The maximum absolute atomic E-state index is 8.94. The van der Waals surface area contributed by atoms with Crippen molar-refractivity contribution >= 4 is 17.1 Å². The van der Waals surface area contributed by atoms with Gasteiger partial charge in [-0.25, -0.2) is 9.97 Å². The molecule has 0 aliphatic rings. The van der Waals surface area contributed by atoms with Crippen molar-refractivity contribution in [2.45, 2.75) is 13.5 Å². The Balaban J connectivity index is 2.09. The molecule has 5 heteroatoms. The van der Waals surface area contributed by atoms with Gasteiger partial charge in [-0.15, -0.1) is 0 Å². The van der Waals surface area contributed by atoms with E-state index in [0.29, 0.717) is 18.1 Å². The predicted octanol–water partition coefficient (Wildman–Crippen LogP) is 2.24. The van der Waals surface area contributed by atoms with Crippen molar-refractivity contribution in [1.82, 2.24) is 14.5 Å². The fourth-order valence-electron chi connectivity index (χ4n) is 2.23. The number of pyridine rings is 1. The Morgan fingerprint density at radius 1 is 1.35 bits per heavy atom. The van der Waals surface area contributed by atoms with Crippen LogP contribution in [0.3, 0.4) is 0 Å². The number of fused-ring (bicyclic) bond motifs is 1. The lowest BCUT2D eigenvalue weighted by Gasteiger charge is -2.06. The van der Waals surface area contributed by atoms with Crippen molar-refractivity contribution in [3.8, 4) is 6.07 Å². The molecule has 0 aliphatic heterocycles. The zero-order chi connectivity index (χ0) is 14.1. The molecule has 0 amide bonds. The Kier molecular flexibility index (Phi) is 2.84. The number of rotatable bonds is 2. The van der Waals surface area contributed by atoms with Crippen molar-refractivity contribution in [3.63, 3.8) is 0 Å². The second-order valence-electron chi connectivity index (χ2n) is 4.67. The van der Waals surface area contributed by atoms with Crippen molar-refractivity contribution < 1.29 is 0 Å². The standard InChI is InChI=1S/C15H13N5/c1-10-5-6-18-14-13(10)19-15(17)20(14)9-12-4-2-3-11(7-12)8-16/h2-7H,9H2,1H3,(H2,17,19). The van der Waals surface area contributed by atoms with Gasteiger partial charge in [0.2, 0.25) is 5.95 Å². The Morgan fingerprint density at radius 2 is 2.20 bits per heavy atom. The molecule has 0 saturated carbocycles. The van der Waals surface area contributed by atoms with Crippen LogP contribution < -0.4 is 5.73 Å². The van der Waals surface area contributed by atoms with Crippen LogP contribution in [0.2, 0.25) is 0 Å². The van der Waals surface area contributed by atoms with Gasteiger partial charge >= 0.3 is 0 Å². The molecule has 3 rings (SSSR count). The summed E-state index contributed by atoms with van der Waals surface area (Å²) in [6.07, 6.45) is 1.75. The molecule has 20 heavy (non-hydrogen) atoms. The van der Waals surface area contributed by atoms with Crippen LogP contribution >= 0.6 is 0 Å². The monoisotopic (exact) mass is 263 g/mol. The second kappa shape index (κ2) is 4.67. The van der Waals surface area contributed by atoms with E-state index in [2.05, 4.69) is 16.0 Å². The van der Waals surface area contributed by atoms with Gasteiger partial charge in [0.25, 0.3) is 0 Å². The van der Waals surface area contributed by atoms with E-state index in [-0.39, 0.29) is 0 Å². The number of nitrogen functional groups attached to an aromatic ring is 1. The molecule has 3 aromatic rings. The highest BCUT2D eigenvalue weighted by Crippen LogP contribution is 2.20. The molecule has 0 atom stereocenters. The molecule has 98 valence electrons. The predicted molar refractivity (Wildman–Crippen MR) is 76.9 cm³/mol. The number of nitrogens with zero attached hydrogens (tertiary/aromatic N) is 4. The van der Waals surface area contributed by atoms with Gasteiger partial charge in [-0.2, -0.15) is 5.26 Å². The molecule has 0 fully saturated rings. The number of imidazole rings is 1. The summed E-state index contributed by atoms with van der Waals surface area (Å²) in [5, 5.41) is 8.94. The minimum atomic E-state index is 0.434. The number of benzene rings is 1. The van der Waals surface area contributed by atoms with E-state index in [1.807, 2.05) is 35.8 Å². The number of aryl methyl sites for hydroxylation is 1. The highest BCUT2D eigenvalue weighted by atomic mass is 15.2. The molecule has 0 aliphatic carbocycles. The van der Waals surface area contributed by atoms with Gasteiger partial charge in [-0.05, 0) is 36.2 Å². The molecule has 2 heterocycles. The molecule has 0 saturated heterocycles. The molecule has 2 aromatic heterocycles. The van der Waals surface area contributed by atoms with E-state index in [0.717, 1.165) is 22.3 Å². The summed E-state index contributed by atoms with van der Waals surface area (Å²) in [7, 11) is 0. The lowest BCUT2D eigenvalue weighted by atomic mass is 10.1. The summed E-state index contributed by atoms with van der Waals surface area (Å²) in [6, 6.07) is 11.5.